The van der Waals surface area contributed by atoms with Gasteiger partial charge in [-0.2, -0.15) is 13.2 Å². The summed E-state index contributed by atoms with van der Waals surface area (Å²) in [5.74, 6) is -0.362. The van der Waals surface area contributed by atoms with E-state index < -0.39 is 36.8 Å². The topological polar surface area (TPSA) is 95.5 Å². The van der Waals surface area contributed by atoms with Gasteiger partial charge in [0.05, 0.1) is 11.3 Å². The van der Waals surface area contributed by atoms with Crippen molar-refractivity contribution in [3.63, 3.8) is 0 Å². The molecule has 0 radical (unpaired) electrons. The second-order valence-corrected chi connectivity index (χ2v) is 6.30. The average Bonchev–Trinajstić information content (AvgIpc) is 3.20. The fourth-order valence-corrected chi connectivity index (χ4v) is 2.48. The van der Waals surface area contributed by atoms with Gasteiger partial charge < -0.3 is 24.4 Å². The van der Waals surface area contributed by atoms with Crippen LogP contribution in [0.25, 0.3) is 0 Å². The van der Waals surface area contributed by atoms with Crippen LogP contribution in [0, 0.1) is 0 Å². The number of alkyl halides is 3. The van der Waals surface area contributed by atoms with Crippen molar-refractivity contribution < 1.29 is 41.8 Å². The first-order valence-electron chi connectivity index (χ1n) is 8.91. The van der Waals surface area contributed by atoms with Crippen LogP contribution in [0.3, 0.4) is 0 Å². The Bertz CT molecular complexity index is 989. The van der Waals surface area contributed by atoms with Gasteiger partial charge in [0.15, 0.2) is 18.1 Å². The predicted molar refractivity (Wildman–Crippen MR) is 102 cm³/mol. The lowest BCUT2D eigenvalue weighted by molar-refractivity contribution is -0.151. The Morgan fingerprint density at radius 2 is 1.77 bits per heavy atom. The maximum Gasteiger partial charge on any atom is 0.416 e. The lowest BCUT2D eigenvalue weighted by Crippen LogP contribution is -2.22. The van der Waals surface area contributed by atoms with Crippen LogP contribution in [0.1, 0.15) is 18.1 Å². The highest BCUT2D eigenvalue weighted by Crippen LogP contribution is 2.32. The molecule has 0 unspecified atom stereocenters. The molecule has 0 bridgehead atoms. The largest absolute Gasteiger partial charge is 0.454 e. The van der Waals surface area contributed by atoms with Crippen molar-refractivity contribution in [3.8, 4) is 11.5 Å². The SMILES string of the molecule is C/C(=N\OCC(=O)OCC(=O)Nc1ccc(C(F)(F)F)cc1)c1ccc2c(c1)OCO2. The van der Waals surface area contributed by atoms with Crippen LogP contribution in [0.5, 0.6) is 11.5 Å². The Balaban J connectivity index is 1.40. The third-order valence-corrected chi connectivity index (χ3v) is 4.03. The second-order valence-electron chi connectivity index (χ2n) is 6.30. The van der Waals surface area contributed by atoms with E-state index in [1.807, 2.05) is 0 Å². The van der Waals surface area contributed by atoms with Crippen molar-refractivity contribution in [2.24, 2.45) is 5.16 Å². The van der Waals surface area contributed by atoms with Gasteiger partial charge in [0.25, 0.3) is 5.91 Å². The van der Waals surface area contributed by atoms with Gasteiger partial charge in [-0.15, -0.1) is 0 Å². The molecule has 1 N–H and O–H groups in total. The first-order chi connectivity index (χ1) is 14.7. The number of oxime groups is 1. The van der Waals surface area contributed by atoms with E-state index in [0.717, 1.165) is 24.3 Å². The van der Waals surface area contributed by atoms with Crippen LogP contribution in [0.4, 0.5) is 18.9 Å². The van der Waals surface area contributed by atoms with E-state index in [9.17, 15) is 22.8 Å². The minimum absolute atomic E-state index is 0.134. The number of rotatable bonds is 7. The van der Waals surface area contributed by atoms with Gasteiger partial charge >= 0.3 is 12.1 Å². The molecule has 2 aromatic carbocycles. The number of nitrogens with zero attached hydrogens (tertiary/aromatic N) is 1. The van der Waals surface area contributed by atoms with Crippen LogP contribution < -0.4 is 14.8 Å². The lowest BCUT2D eigenvalue weighted by atomic mass is 10.1. The van der Waals surface area contributed by atoms with Gasteiger partial charge in [-0.05, 0) is 49.4 Å². The lowest BCUT2D eigenvalue weighted by Gasteiger charge is -2.09. The second kappa shape index (κ2) is 9.37. The molecule has 1 aliphatic heterocycles. The molecule has 31 heavy (non-hydrogen) atoms. The van der Waals surface area contributed by atoms with Gasteiger partial charge in [0.1, 0.15) is 0 Å². The van der Waals surface area contributed by atoms with E-state index in [2.05, 4.69) is 10.5 Å². The van der Waals surface area contributed by atoms with Crippen LogP contribution in [-0.2, 0) is 25.3 Å². The molecule has 3 rings (SSSR count). The normalized spacial score (nSPS) is 13.0. The molecular formula is C20H17F3N2O6. The number of carbonyl (C=O) groups excluding carboxylic acids is 2. The Labute approximate surface area is 174 Å². The third kappa shape index (κ3) is 6.11. The van der Waals surface area contributed by atoms with Gasteiger partial charge in [-0.1, -0.05) is 5.16 Å². The van der Waals surface area contributed by atoms with Crippen molar-refractivity contribution in [1.29, 1.82) is 0 Å². The van der Waals surface area contributed by atoms with Crippen molar-refractivity contribution >= 4 is 23.3 Å². The minimum Gasteiger partial charge on any atom is -0.454 e. The summed E-state index contributed by atoms with van der Waals surface area (Å²) in [6.45, 7) is 0.646. The van der Waals surface area contributed by atoms with Gasteiger partial charge in [0, 0.05) is 11.3 Å². The number of benzene rings is 2. The molecule has 0 aromatic heterocycles. The summed E-state index contributed by atoms with van der Waals surface area (Å²) < 4.78 is 52.8. The fourth-order valence-electron chi connectivity index (χ4n) is 2.48. The monoisotopic (exact) mass is 438 g/mol. The number of esters is 1. The quantitative estimate of drug-likeness (QED) is 0.405. The molecule has 1 amide bonds. The molecule has 0 spiro atoms. The van der Waals surface area contributed by atoms with Gasteiger partial charge in [-0.25, -0.2) is 4.79 Å². The van der Waals surface area contributed by atoms with Crippen LogP contribution in [-0.4, -0.2) is 37.6 Å². The van der Waals surface area contributed by atoms with Crippen LogP contribution >= 0.6 is 0 Å². The number of ether oxygens (including phenoxy) is 3. The summed E-state index contributed by atoms with van der Waals surface area (Å²) in [4.78, 5) is 28.4. The third-order valence-electron chi connectivity index (χ3n) is 4.03. The van der Waals surface area contributed by atoms with Gasteiger partial charge in [0.2, 0.25) is 13.4 Å². The zero-order chi connectivity index (χ0) is 22.4. The number of carbonyl (C=O) groups is 2. The summed E-state index contributed by atoms with van der Waals surface area (Å²) in [5.41, 5.74) is 0.472. The zero-order valence-electron chi connectivity index (χ0n) is 16.2. The maximum absolute atomic E-state index is 12.5. The maximum atomic E-state index is 12.5. The molecule has 0 fully saturated rings. The van der Waals surface area contributed by atoms with E-state index in [1.165, 1.54) is 0 Å². The van der Waals surface area contributed by atoms with Crippen molar-refractivity contribution in [1.82, 2.24) is 0 Å². The number of hydrogen-bond donors (Lipinski definition) is 1. The minimum atomic E-state index is -4.47. The van der Waals surface area contributed by atoms with Crippen LogP contribution in [0.2, 0.25) is 0 Å². The molecule has 1 heterocycles. The number of fused-ring (bicyclic) bond motifs is 1. The van der Waals surface area contributed by atoms with Crippen molar-refractivity contribution in [3.05, 3.63) is 53.6 Å². The molecular weight excluding hydrogens is 421 g/mol. The standard InChI is InChI=1S/C20H17F3N2O6/c1-12(13-2-7-16-17(8-13)30-11-29-16)25-31-10-19(27)28-9-18(26)24-15-5-3-14(4-6-15)20(21,22)23/h2-8H,9-11H2,1H3,(H,24,26)/b25-12+. The highest BCUT2D eigenvalue weighted by molar-refractivity contribution is 5.99. The zero-order valence-corrected chi connectivity index (χ0v) is 16.2. The van der Waals surface area contributed by atoms with E-state index in [-0.39, 0.29) is 12.5 Å². The van der Waals surface area contributed by atoms with E-state index in [4.69, 9.17) is 19.0 Å². The fraction of sp³-hybridized carbons (Fsp3) is 0.250. The number of hydrogen-bond acceptors (Lipinski definition) is 7. The molecule has 0 aliphatic carbocycles. The van der Waals surface area contributed by atoms with Crippen molar-refractivity contribution in [2.75, 3.05) is 25.3 Å². The highest BCUT2D eigenvalue weighted by atomic mass is 19.4. The Kier molecular flexibility index (Phi) is 6.63. The molecule has 0 saturated carbocycles. The molecule has 164 valence electrons. The Morgan fingerprint density at radius 1 is 1.06 bits per heavy atom. The van der Waals surface area contributed by atoms with Gasteiger partial charge in [-0.3, -0.25) is 4.79 Å². The van der Waals surface area contributed by atoms with E-state index in [0.29, 0.717) is 22.8 Å². The summed E-state index contributed by atoms with van der Waals surface area (Å²) in [6, 6.07) is 9.04. The smallest absolute Gasteiger partial charge is 0.416 e. The van der Waals surface area contributed by atoms with E-state index >= 15 is 0 Å². The summed E-state index contributed by atoms with van der Waals surface area (Å²) in [5, 5.41) is 6.13. The Morgan fingerprint density at radius 3 is 2.48 bits per heavy atom. The molecule has 1 aliphatic rings. The highest BCUT2D eigenvalue weighted by Gasteiger charge is 2.30. The number of anilines is 1. The first kappa shape index (κ1) is 21.9. The molecule has 0 saturated heterocycles. The summed E-state index contributed by atoms with van der Waals surface area (Å²) in [6.07, 6.45) is -4.47. The molecule has 11 heteroatoms. The molecule has 2 aromatic rings. The average molecular weight is 438 g/mol. The number of amides is 1. The number of nitrogens with one attached hydrogen (secondary N) is 1. The van der Waals surface area contributed by atoms with Crippen LogP contribution in [0.15, 0.2) is 47.6 Å². The predicted octanol–water partition coefficient (Wildman–Crippen LogP) is 3.36. The first-order valence-corrected chi connectivity index (χ1v) is 8.91. The summed E-state index contributed by atoms with van der Waals surface area (Å²) >= 11 is 0. The van der Waals surface area contributed by atoms with Crippen molar-refractivity contribution in [2.45, 2.75) is 13.1 Å². The van der Waals surface area contributed by atoms with E-state index in [1.54, 1.807) is 25.1 Å². The Hall–Kier alpha value is -3.76. The summed E-state index contributed by atoms with van der Waals surface area (Å²) in [7, 11) is 0. The molecule has 8 nitrogen and oxygen atoms in total. The number of halogens is 3. The molecule has 0 atom stereocenters.